The number of anilines is 1. The predicted molar refractivity (Wildman–Crippen MR) is 98.0 cm³/mol. The Hall–Kier alpha value is -2.83. The number of hydrogen-bond acceptors (Lipinski definition) is 6. The number of allylic oxidation sites excluding steroid dienone is 1. The minimum absolute atomic E-state index is 0.330. The van der Waals surface area contributed by atoms with Crippen LogP contribution >= 0.6 is 0 Å². The van der Waals surface area contributed by atoms with Crippen LogP contribution in [0.25, 0.3) is 0 Å². The van der Waals surface area contributed by atoms with Crippen LogP contribution in [0.3, 0.4) is 0 Å². The molecular weight excluding hydrogens is 332 g/mol. The number of fused-ring (bicyclic) bond motifs is 1. The first kappa shape index (κ1) is 18.0. The summed E-state index contributed by atoms with van der Waals surface area (Å²) in [6, 6.07) is 7.29. The van der Waals surface area contributed by atoms with Crippen LogP contribution < -0.4 is 10.1 Å². The molecule has 0 saturated heterocycles. The lowest BCUT2D eigenvalue weighted by molar-refractivity contribution is -0.139. The van der Waals surface area contributed by atoms with Gasteiger partial charge >= 0.3 is 5.97 Å². The van der Waals surface area contributed by atoms with Gasteiger partial charge in [0.05, 0.1) is 18.8 Å². The topological polar surface area (TPSA) is 78.3 Å². The van der Waals surface area contributed by atoms with Gasteiger partial charge < -0.3 is 14.8 Å². The first-order valence-corrected chi connectivity index (χ1v) is 8.92. The molecule has 1 atom stereocenters. The van der Waals surface area contributed by atoms with Crippen molar-refractivity contribution in [2.75, 3.05) is 18.5 Å². The van der Waals surface area contributed by atoms with E-state index in [0.717, 1.165) is 29.9 Å². The lowest BCUT2D eigenvalue weighted by Crippen LogP contribution is -2.29. The van der Waals surface area contributed by atoms with Crippen molar-refractivity contribution in [2.45, 2.75) is 39.7 Å². The zero-order valence-electron chi connectivity index (χ0n) is 15.4. The fourth-order valence-corrected chi connectivity index (χ4v) is 2.96. The van der Waals surface area contributed by atoms with Gasteiger partial charge in [0.2, 0.25) is 5.95 Å². The molecule has 1 aliphatic rings. The van der Waals surface area contributed by atoms with Gasteiger partial charge in [-0.1, -0.05) is 25.5 Å². The molecule has 1 aromatic carbocycles. The van der Waals surface area contributed by atoms with E-state index in [1.807, 2.05) is 38.1 Å². The standard InChI is InChI=1S/C19H24N4O3/c1-4-6-11-26-18(24)16-13(3)22-19-20-12-21-23(19)17(16)14-7-9-15(10-8-14)25-5-2/h7-10,12,17H,4-6,11H2,1-3H3,(H,20,21,22). The maximum absolute atomic E-state index is 12.8. The van der Waals surface area contributed by atoms with E-state index in [-0.39, 0.29) is 5.97 Å². The number of unbranched alkanes of at least 4 members (excludes halogenated alkanes) is 1. The van der Waals surface area contributed by atoms with Gasteiger partial charge in [0.15, 0.2) is 0 Å². The summed E-state index contributed by atoms with van der Waals surface area (Å²) in [5, 5.41) is 7.44. The van der Waals surface area contributed by atoms with E-state index in [9.17, 15) is 4.79 Å². The highest BCUT2D eigenvalue weighted by Gasteiger charge is 2.34. The number of carbonyl (C=O) groups excluding carboxylic acids is 1. The molecule has 1 aromatic heterocycles. The van der Waals surface area contributed by atoms with Crippen LogP contribution in [0.4, 0.5) is 5.95 Å². The number of benzene rings is 1. The summed E-state index contributed by atoms with van der Waals surface area (Å²) in [6.07, 6.45) is 3.29. The Balaban J connectivity index is 1.96. The molecule has 0 spiro atoms. The predicted octanol–water partition coefficient (Wildman–Crippen LogP) is 3.31. The summed E-state index contributed by atoms with van der Waals surface area (Å²) in [7, 11) is 0. The number of aromatic nitrogens is 3. The lowest BCUT2D eigenvalue weighted by atomic mass is 9.96. The Morgan fingerprint density at radius 3 is 2.73 bits per heavy atom. The molecule has 7 nitrogen and oxygen atoms in total. The summed E-state index contributed by atoms with van der Waals surface area (Å²) in [5.74, 6) is 1.06. The monoisotopic (exact) mass is 356 g/mol. The molecule has 1 N–H and O–H groups in total. The molecular formula is C19H24N4O3. The number of nitrogens with zero attached hydrogens (tertiary/aromatic N) is 3. The summed E-state index contributed by atoms with van der Waals surface area (Å²) < 4.78 is 12.7. The Bertz CT molecular complexity index is 795. The SMILES string of the molecule is CCCCOC(=O)C1=C(C)Nc2ncnn2C1c1ccc(OCC)cc1. The highest BCUT2D eigenvalue weighted by molar-refractivity contribution is 5.92. The molecule has 1 unspecified atom stereocenters. The second-order valence-electron chi connectivity index (χ2n) is 6.09. The van der Waals surface area contributed by atoms with Crippen LogP contribution in [0, 0.1) is 0 Å². The molecule has 0 fully saturated rings. The zero-order chi connectivity index (χ0) is 18.5. The number of nitrogens with one attached hydrogen (secondary N) is 1. The zero-order valence-corrected chi connectivity index (χ0v) is 15.4. The summed E-state index contributed by atoms with van der Waals surface area (Å²) in [4.78, 5) is 17.0. The van der Waals surface area contributed by atoms with Crippen molar-refractivity contribution in [1.29, 1.82) is 0 Å². The fraction of sp³-hybridized carbons (Fsp3) is 0.421. The largest absolute Gasteiger partial charge is 0.494 e. The number of esters is 1. The summed E-state index contributed by atoms with van der Waals surface area (Å²) >= 11 is 0. The van der Waals surface area contributed by atoms with Gasteiger partial charge in [-0.25, -0.2) is 9.48 Å². The lowest BCUT2D eigenvalue weighted by Gasteiger charge is -2.28. The second-order valence-corrected chi connectivity index (χ2v) is 6.09. The third-order valence-electron chi connectivity index (χ3n) is 4.25. The smallest absolute Gasteiger partial charge is 0.338 e. The van der Waals surface area contributed by atoms with E-state index in [1.54, 1.807) is 4.68 Å². The maximum Gasteiger partial charge on any atom is 0.338 e. The highest BCUT2D eigenvalue weighted by atomic mass is 16.5. The third kappa shape index (κ3) is 3.56. The molecule has 0 amide bonds. The normalized spacial score (nSPS) is 16.0. The Morgan fingerprint density at radius 2 is 2.04 bits per heavy atom. The van der Waals surface area contributed by atoms with Gasteiger partial charge in [0, 0.05) is 5.70 Å². The first-order chi connectivity index (χ1) is 12.7. The first-order valence-electron chi connectivity index (χ1n) is 8.92. The summed E-state index contributed by atoms with van der Waals surface area (Å²) in [6.45, 7) is 6.88. The number of carbonyl (C=O) groups is 1. The van der Waals surface area contributed by atoms with Crippen LogP contribution in [-0.2, 0) is 9.53 Å². The Kier molecular flexibility index (Phi) is 5.55. The number of ether oxygens (including phenoxy) is 2. The molecule has 2 heterocycles. The van der Waals surface area contributed by atoms with E-state index < -0.39 is 6.04 Å². The minimum atomic E-state index is -0.390. The van der Waals surface area contributed by atoms with E-state index in [1.165, 1.54) is 6.33 Å². The number of hydrogen-bond donors (Lipinski definition) is 1. The van der Waals surface area contributed by atoms with Crippen LogP contribution in [0.1, 0.15) is 45.2 Å². The van der Waals surface area contributed by atoms with Crippen LogP contribution in [0.5, 0.6) is 5.75 Å². The molecule has 7 heteroatoms. The Labute approximate surface area is 153 Å². The van der Waals surface area contributed by atoms with Crippen molar-refractivity contribution < 1.29 is 14.3 Å². The molecule has 26 heavy (non-hydrogen) atoms. The minimum Gasteiger partial charge on any atom is -0.494 e. The van der Waals surface area contributed by atoms with Gasteiger partial charge in [-0.05, 0) is 38.0 Å². The van der Waals surface area contributed by atoms with E-state index in [4.69, 9.17) is 9.47 Å². The number of rotatable bonds is 7. The van der Waals surface area contributed by atoms with Crippen molar-refractivity contribution in [1.82, 2.24) is 14.8 Å². The maximum atomic E-state index is 12.8. The van der Waals surface area contributed by atoms with Crippen molar-refractivity contribution in [2.24, 2.45) is 0 Å². The van der Waals surface area contributed by atoms with E-state index in [2.05, 4.69) is 22.3 Å². The molecule has 138 valence electrons. The van der Waals surface area contributed by atoms with Gasteiger partial charge in [0.25, 0.3) is 0 Å². The van der Waals surface area contributed by atoms with Gasteiger partial charge in [-0.15, -0.1) is 0 Å². The van der Waals surface area contributed by atoms with Crippen LogP contribution in [0.2, 0.25) is 0 Å². The quantitative estimate of drug-likeness (QED) is 0.606. The van der Waals surface area contributed by atoms with Crippen molar-refractivity contribution >= 4 is 11.9 Å². The molecule has 3 rings (SSSR count). The summed E-state index contributed by atoms with van der Waals surface area (Å²) in [5.41, 5.74) is 2.19. The van der Waals surface area contributed by atoms with Crippen LogP contribution in [0.15, 0.2) is 41.9 Å². The van der Waals surface area contributed by atoms with Gasteiger partial charge in [-0.3, -0.25) is 0 Å². The van der Waals surface area contributed by atoms with Crippen LogP contribution in [-0.4, -0.2) is 33.9 Å². The Morgan fingerprint density at radius 1 is 1.27 bits per heavy atom. The molecule has 0 aliphatic carbocycles. The van der Waals surface area contributed by atoms with E-state index >= 15 is 0 Å². The molecule has 0 saturated carbocycles. The van der Waals surface area contributed by atoms with Crippen molar-refractivity contribution in [3.63, 3.8) is 0 Å². The van der Waals surface area contributed by atoms with Gasteiger partial charge in [-0.2, -0.15) is 10.1 Å². The average molecular weight is 356 g/mol. The average Bonchev–Trinajstić information content (AvgIpc) is 3.09. The van der Waals surface area contributed by atoms with E-state index in [0.29, 0.717) is 24.7 Å². The highest BCUT2D eigenvalue weighted by Crippen LogP contribution is 2.35. The fourth-order valence-electron chi connectivity index (χ4n) is 2.96. The van der Waals surface area contributed by atoms with Crippen molar-refractivity contribution in [3.05, 3.63) is 47.4 Å². The van der Waals surface area contributed by atoms with Crippen molar-refractivity contribution in [3.8, 4) is 5.75 Å². The second kappa shape index (κ2) is 8.03. The molecule has 0 bridgehead atoms. The molecule has 1 aliphatic heterocycles. The molecule has 2 aromatic rings. The third-order valence-corrected chi connectivity index (χ3v) is 4.25. The van der Waals surface area contributed by atoms with Gasteiger partial charge in [0.1, 0.15) is 18.1 Å². The molecule has 0 radical (unpaired) electrons.